The third-order valence-electron chi connectivity index (χ3n) is 2.49. The Labute approximate surface area is 126 Å². The smallest absolute Gasteiger partial charge is 0.238 e. The zero-order valence-corrected chi connectivity index (χ0v) is 12.4. The molecule has 5 nitrogen and oxygen atoms in total. The summed E-state index contributed by atoms with van der Waals surface area (Å²) in [4.78, 5) is -0.0850. The first-order valence-electron chi connectivity index (χ1n) is 5.42. The summed E-state index contributed by atoms with van der Waals surface area (Å²) in [7, 11) is -3.84. The van der Waals surface area contributed by atoms with Crippen LogP contribution in [-0.4, -0.2) is 8.42 Å². The van der Waals surface area contributed by atoms with Crippen molar-refractivity contribution in [2.75, 3.05) is 11.1 Å². The molecule has 0 aliphatic carbocycles. The molecule has 0 unspecified atom stereocenters. The van der Waals surface area contributed by atoms with E-state index in [9.17, 15) is 8.42 Å². The lowest BCUT2D eigenvalue weighted by molar-refractivity contribution is 0.598. The van der Waals surface area contributed by atoms with Crippen molar-refractivity contribution < 1.29 is 8.42 Å². The van der Waals surface area contributed by atoms with Gasteiger partial charge < -0.3 is 11.1 Å². The Morgan fingerprint density at radius 1 is 1.10 bits per heavy atom. The molecular weight excluding hydrogens is 321 g/mol. The van der Waals surface area contributed by atoms with Gasteiger partial charge in [-0.3, -0.25) is 0 Å². The van der Waals surface area contributed by atoms with Crippen LogP contribution in [0.15, 0.2) is 41.3 Å². The van der Waals surface area contributed by atoms with Gasteiger partial charge in [-0.25, -0.2) is 13.6 Å². The summed E-state index contributed by atoms with van der Waals surface area (Å²) >= 11 is 11.9. The normalized spacial score (nSPS) is 11.3. The van der Waals surface area contributed by atoms with Crippen molar-refractivity contribution in [3.05, 3.63) is 46.4 Å². The number of nitrogen functional groups attached to an aromatic ring is 1. The molecule has 2 rings (SSSR count). The lowest BCUT2D eigenvalue weighted by Crippen LogP contribution is -2.12. The Bertz CT molecular complexity index is 763. The van der Waals surface area contributed by atoms with Crippen molar-refractivity contribution in [1.82, 2.24) is 0 Å². The molecule has 0 saturated carbocycles. The summed E-state index contributed by atoms with van der Waals surface area (Å²) in [5.74, 6) is 0. The standard InChI is InChI=1S/C12H11Cl2N3O2S/c13-10-2-1-3-11(12(10)14)17-8-4-7(15)5-9(6-8)20(16,18)19/h1-6,17H,15H2,(H2,16,18,19). The summed E-state index contributed by atoms with van der Waals surface area (Å²) in [6.45, 7) is 0. The van der Waals surface area contributed by atoms with Crippen LogP contribution in [0.1, 0.15) is 0 Å². The lowest BCUT2D eigenvalue weighted by atomic mass is 10.2. The number of rotatable bonds is 3. The zero-order valence-electron chi connectivity index (χ0n) is 10.1. The molecule has 5 N–H and O–H groups in total. The SMILES string of the molecule is Nc1cc(Nc2cccc(Cl)c2Cl)cc(S(N)(=O)=O)c1. The van der Waals surface area contributed by atoms with E-state index in [4.69, 9.17) is 34.1 Å². The molecule has 0 atom stereocenters. The number of hydrogen-bond acceptors (Lipinski definition) is 4. The average molecular weight is 332 g/mol. The van der Waals surface area contributed by atoms with Crippen LogP contribution in [0.5, 0.6) is 0 Å². The number of nitrogens with two attached hydrogens (primary N) is 2. The van der Waals surface area contributed by atoms with Gasteiger partial charge in [-0.2, -0.15) is 0 Å². The van der Waals surface area contributed by atoms with E-state index in [0.717, 1.165) is 0 Å². The summed E-state index contributed by atoms with van der Waals surface area (Å²) in [5, 5.41) is 8.74. The number of benzene rings is 2. The zero-order chi connectivity index (χ0) is 14.9. The van der Waals surface area contributed by atoms with Crippen molar-refractivity contribution in [3.8, 4) is 0 Å². The minimum Gasteiger partial charge on any atom is -0.399 e. The van der Waals surface area contributed by atoms with Crippen LogP contribution in [0, 0.1) is 0 Å². The van der Waals surface area contributed by atoms with Gasteiger partial charge in [-0.15, -0.1) is 0 Å². The maximum Gasteiger partial charge on any atom is 0.238 e. The van der Waals surface area contributed by atoms with Crippen LogP contribution in [0.25, 0.3) is 0 Å². The van der Waals surface area contributed by atoms with Crippen LogP contribution in [-0.2, 0) is 10.0 Å². The minimum absolute atomic E-state index is 0.0850. The van der Waals surface area contributed by atoms with Gasteiger partial charge in [0.05, 0.1) is 20.6 Å². The van der Waals surface area contributed by atoms with Crippen LogP contribution < -0.4 is 16.2 Å². The molecule has 0 aromatic heterocycles. The molecule has 20 heavy (non-hydrogen) atoms. The third kappa shape index (κ3) is 3.34. The lowest BCUT2D eigenvalue weighted by Gasteiger charge is -2.11. The van der Waals surface area contributed by atoms with Crippen LogP contribution >= 0.6 is 23.2 Å². The molecular formula is C12H11Cl2N3O2S. The van der Waals surface area contributed by atoms with E-state index in [0.29, 0.717) is 21.4 Å². The molecule has 0 bridgehead atoms. The number of primary sulfonamides is 1. The second-order valence-electron chi connectivity index (χ2n) is 4.06. The highest BCUT2D eigenvalue weighted by Gasteiger charge is 2.11. The van der Waals surface area contributed by atoms with Crippen LogP contribution in [0.4, 0.5) is 17.1 Å². The van der Waals surface area contributed by atoms with E-state index in [1.807, 2.05) is 0 Å². The first-order valence-corrected chi connectivity index (χ1v) is 7.72. The number of anilines is 3. The molecule has 0 aliphatic rings. The maximum atomic E-state index is 11.4. The average Bonchev–Trinajstić information content (AvgIpc) is 2.33. The van der Waals surface area contributed by atoms with E-state index < -0.39 is 10.0 Å². The largest absolute Gasteiger partial charge is 0.399 e. The number of halogens is 2. The van der Waals surface area contributed by atoms with Gasteiger partial charge in [-0.1, -0.05) is 29.3 Å². The molecule has 0 fully saturated rings. The molecule has 0 amide bonds. The van der Waals surface area contributed by atoms with Gasteiger partial charge in [-0.05, 0) is 30.3 Å². The Balaban J connectivity index is 2.44. The molecule has 0 heterocycles. The van der Waals surface area contributed by atoms with Crippen LogP contribution in [0.2, 0.25) is 10.0 Å². The van der Waals surface area contributed by atoms with Crippen LogP contribution in [0.3, 0.4) is 0 Å². The molecule has 106 valence electrons. The van der Waals surface area contributed by atoms with Gasteiger partial charge in [0, 0.05) is 11.4 Å². The van der Waals surface area contributed by atoms with Crippen molar-refractivity contribution >= 4 is 50.3 Å². The van der Waals surface area contributed by atoms with Crippen molar-refractivity contribution in [2.45, 2.75) is 4.90 Å². The number of nitrogens with one attached hydrogen (secondary N) is 1. The van der Waals surface area contributed by atoms with Gasteiger partial charge in [0.1, 0.15) is 0 Å². The summed E-state index contributed by atoms with van der Waals surface area (Å²) in [5.41, 5.74) is 6.90. The van der Waals surface area contributed by atoms with E-state index in [1.54, 1.807) is 24.3 Å². The summed E-state index contributed by atoms with van der Waals surface area (Å²) < 4.78 is 22.7. The Morgan fingerprint density at radius 3 is 2.45 bits per heavy atom. The van der Waals surface area contributed by atoms with Gasteiger partial charge >= 0.3 is 0 Å². The molecule has 2 aromatic carbocycles. The van der Waals surface area contributed by atoms with Crippen molar-refractivity contribution in [2.24, 2.45) is 5.14 Å². The third-order valence-corrected chi connectivity index (χ3v) is 4.20. The second kappa shape index (κ2) is 5.49. The van der Waals surface area contributed by atoms with Gasteiger partial charge in [0.2, 0.25) is 10.0 Å². The predicted octanol–water partition coefficient (Wildman–Crippen LogP) is 2.97. The molecule has 2 aromatic rings. The first kappa shape index (κ1) is 14.9. The highest BCUT2D eigenvalue weighted by molar-refractivity contribution is 7.89. The van der Waals surface area contributed by atoms with Gasteiger partial charge in [0.15, 0.2) is 0 Å². The molecule has 0 saturated heterocycles. The fourth-order valence-corrected chi connectivity index (χ4v) is 2.55. The quantitative estimate of drug-likeness (QED) is 0.753. The van der Waals surface area contributed by atoms with E-state index in [1.165, 1.54) is 12.1 Å². The molecule has 8 heteroatoms. The highest BCUT2D eigenvalue weighted by Crippen LogP contribution is 2.32. The Kier molecular flexibility index (Phi) is 4.10. The number of sulfonamides is 1. The highest BCUT2D eigenvalue weighted by atomic mass is 35.5. The predicted molar refractivity (Wildman–Crippen MR) is 82.0 cm³/mol. The van der Waals surface area contributed by atoms with Gasteiger partial charge in [0.25, 0.3) is 0 Å². The summed E-state index contributed by atoms with van der Waals surface area (Å²) in [6, 6.07) is 9.26. The molecule has 0 radical (unpaired) electrons. The van der Waals surface area contributed by atoms with Crippen molar-refractivity contribution in [1.29, 1.82) is 0 Å². The van der Waals surface area contributed by atoms with E-state index in [-0.39, 0.29) is 10.6 Å². The Hall–Kier alpha value is -1.47. The van der Waals surface area contributed by atoms with Crippen molar-refractivity contribution in [3.63, 3.8) is 0 Å². The second-order valence-corrected chi connectivity index (χ2v) is 6.41. The summed E-state index contributed by atoms with van der Waals surface area (Å²) in [6.07, 6.45) is 0. The van der Waals surface area contributed by atoms with E-state index >= 15 is 0 Å². The first-order chi connectivity index (χ1) is 9.27. The fourth-order valence-electron chi connectivity index (χ4n) is 1.61. The van der Waals surface area contributed by atoms with E-state index in [2.05, 4.69) is 5.32 Å². The Morgan fingerprint density at radius 2 is 1.80 bits per heavy atom. The molecule has 0 spiro atoms. The maximum absolute atomic E-state index is 11.4. The monoisotopic (exact) mass is 331 g/mol. The minimum atomic E-state index is -3.84. The topological polar surface area (TPSA) is 98.2 Å². The number of hydrogen-bond donors (Lipinski definition) is 3. The fraction of sp³-hybridized carbons (Fsp3) is 0. The molecule has 0 aliphatic heterocycles.